The molecule has 1 aliphatic heterocycles. The molecule has 1 heterocycles. The molecule has 0 saturated carbocycles. The van der Waals surface area contributed by atoms with E-state index < -0.39 is 0 Å². The Bertz CT molecular complexity index is 1070. The third kappa shape index (κ3) is 4.72. The maximum Gasteiger partial charge on any atom is 0.251 e. The lowest BCUT2D eigenvalue weighted by Crippen LogP contribution is -2.28. The Labute approximate surface area is 181 Å². The third-order valence-corrected chi connectivity index (χ3v) is 5.58. The SMILES string of the molecule is CC(NC(=O)c1ccc(CN2C(=O)CCC2=O)cc1)c1ccc(-c2ccccc2)cc1. The summed E-state index contributed by atoms with van der Waals surface area (Å²) in [5, 5.41) is 3.02. The molecule has 0 aromatic heterocycles. The molecule has 3 aromatic carbocycles. The molecule has 1 saturated heterocycles. The number of benzene rings is 3. The number of hydrogen-bond acceptors (Lipinski definition) is 3. The fraction of sp³-hybridized carbons (Fsp3) is 0.192. The first-order valence-corrected chi connectivity index (χ1v) is 10.4. The molecule has 3 amide bonds. The molecule has 0 aliphatic carbocycles. The Morgan fingerprint density at radius 3 is 2.03 bits per heavy atom. The number of hydrogen-bond donors (Lipinski definition) is 1. The predicted molar refractivity (Wildman–Crippen MR) is 119 cm³/mol. The smallest absolute Gasteiger partial charge is 0.251 e. The quantitative estimate of drug-likeness (QED) is 0.607. The second kappa shape index (κ2) is 8.96. The third-order valence-electron chi connectivity index (χ3n) is 5.58. The largest absolute Gasteiger partial charge is 0.346 e. The van der Waals surface area contributed by atoms with Crippen LogP contribution in [0.3, 0.4) is 0 Å². The monoisotopic (exact) mass is 412 g/mol. The van der Waals surface area contributed by atoms with Crippen molar-refractivity contribution in [3.63, 3.8) is 0 Å². The molecule has 4 rings (SSSR count). The zero-order chi connectivity index (χ0) is 21.8. The number of nitrogens with one attached hydrogen (secondary N) is 1. The first kappa shape index (κ1) is 20.5. The van der Waals surface area contributed by atoms with Gasteiger partial charge in [0.2, 0.25) is 11.8 Å². The standard InChI is InChI=1S/C26H24N2O3/c1-18(20-11-13-22(14-12-20)21-5-3-2-4-6-21)27-26(31)23-9-7-19(8-10-23)17-28-24(29)15-16-25(28)30/h2-14,18H,15-17H2,1H3,(H,27,31). The summed E-state index contributed by atoms with van der Waals surface area (Å²) in [6.07, 6.45) is 0.563. The summed E-state index contributed by atoms with van der Waals surface area (Å²) in [6, 6.07) is 25.2. The van der Waals surface area contributed by atoms with Gasteiger partial charge in [0.05, 0.1) is 12.6 Å². The molecule has 0 radical (unpaired) electrons. The molecule has 1 atom stereocenters. The van der Waals surface area contributed by atoms with E-state index in [-0.39, 0.29) is 43.1 Å². The highest BCUT2D eigenvalue weighted by Crippen LogP contribution is 2.22. The van der Waals surface area contributed by atoms with Crippen LogP contribution in [0.15, 0.2) is 78.9 Å². The zero-order valence-corrected chi connectivity index (χ0v) is 17.4. The van der Waals surface area contributed by atoms with Gasteiger partial charge in [0.15, 0.2) is 0 Å². The Morgan fingerprint density at radius 1 is 0.839 bits per heavy atom. The predicted octanol–water partition coefficient (Wildman–Crippen LogP) is 4.49. The van der Waals surface area contributed by atoms with Gasteiger partial charge in [-0.15, -0.1) is 0 Å². The van der Waals surface area contributed by atoms with E-state index in [1.807, 2.05) is 37.3 Å². The number of nitrogens with zero attached hydrogens (tertiary/aromatic N) is 1. The number of rotatable bonds is 6. The normalized spacial score (nSPS) is 14.5. The minimum atomic E-state index is -0.167. The van der Waals surface area contributed by atoms with Crippen molar-refractivity contribution in [3.05, 3.63) is 95.6 Å². The molecule has 0 spiro atoms. The van der Waals surface area contributed by atoms with Crippen molar-refractivity contribution in [2.45, 2.75) is 32.4 Å². The van der Waals surface area contributed by atoms with Gasteiger partial charge in [-0.2, -0.15) is 0 Å². The molecule has 0 bridgehead atoms. The number of amides is 3. The van der Waals surface area contributed by atoms with Gasteiger partial charge in [-0.1, -0.05) is 66.7 Å². The first-order chi connectivity index (χ1) is 15.0. The number of likely N-dealkylation sites (tertiary alicyclic amines) is 1. The molecule has 1 aliphatic rings. The summed E-state index contributed by atoms with van der Waals surface area (Å²) < 4.78 is 0. The molecule has 31 heavy (non-hydrogen) atoms. The maximum absolute atomic E-state index is 12.6. The van der Waals surface area contributed by atoms with Crippen molar-refractivity contribution in [3.8, 4) is 11.1 Å². The van der Waals surface area contributed by atoms with Crippen molar-refractivity contribution in [1.29, 1.82) is 0 Å². The molecule has 1 fully saturated rings. The van der Waals surface area contributed by atoms with Crippen LogP contribution in [0.5, 0.6) is 0 Å². The number of imide groups is 1. The van der Waals surface area contributed by atoms with Crippen LogP contribution in [0.1, 0.15) is 47.3 Å². The van der Waals surface area contributed by atoms with E-state index in [0.29, 0.717) is 5.56 Å². The van der Waals surface area contributed by atoms with Crippen LogP contribution in [0.4, 0.5) is 0 Å². The number of carbonyl (C=O) groups excluding carboxylic acids is 3. The Balaban J connectivity index is 1.37. The van der Waals surface area contributed by atoms with E-state index in [0.717, 1.165) is 22.3 Å². The van der Waals surface area contributed by atoms with E-state index in [1.54, 1.807) is 24.3 Å². The fourth-order valence-electron chi connectivity index (χ4n) is 3.70. The lowest BCUT2D eigenvalue weighted by atomic mass is 10.0. The van der Waals surface area contributed by atoms with Gasteiger partial charge in [-0.3, -0.25) is 19.3 Å². The van der Waals surface area contributed by atoms with Crippen LogP contribution >= 0.6 is 0 Å². The summed E-state index contributed by atoms with van der Waals surface area (Å²) in [5.41, 5.74) is 4.67. The minimum absolute atomic E-state index is 0.140. The average Bonchev–Trinajstić information content (AvgIpc) is 3.12. The topological polar surface area (TPSA) is 66.5 Å². The molecule has 1 unspecified atom stereocenters. The van der Waals surface area contributed by atoms with Crippen molar-refractivity contribution in [1.82, 2.24) is 10.2 Å². The van der Waals surface area contributed by atoms with Gasteiger partial charge in [-0.25, -0.2) is 0 Å². The minimum Gasteiger partial charge on any atom is -0.346 e. The van der Waals surface area contributed by atoms with Gasteiger partial charge in [0, 0.05) is 18.4 Å². The summed E-state index contributed by atoms with van der Waals surface area (Å²) in [5.74, 6) is -0.447. The maximum atomic E-state index is 12.6. The van der Waals surface area contributed by atoms with Gasteiger partial charge in [0.25, 0.3) is 5.91 Å². The van der Waals surface area contributed by atoms with Gasteiger partial charge in [-0.05, 0) is 41.3 Å². The van der Waals surface area contributed by atoms with Crippen LogP contribution in [0.25, 0.3) is 11.1 Å². The van der Waals surface area contributed by atoms with Crippen LogP contribution < -0.4 is 5.32 Å². The lowest BCUT2D eigenvalue weighted by molar-refractivity contribution is -0.139. The van der Waals surface area contributed by atoms with E-state index in [2.05, 4.69) is 29.6 Å². The van der Waals surface area contributed by atoms with E-state index in [9.17, 15) is 14.4 Å². The van der Waals surface area contributed by atoms with Crippen LogP contribution in [-0.4, -0.2) is 22.6 Å². The summed E-state index contributed by atoms with van der Waals surface area (Å²) in [4.78, 5) is 37.4. The molecule has 156 valence electrons. The molecule has 5 heteroatoms. The molecular formula is C26H24N2O3. The van der Waals surface area contributed by atoms with Gasteiger partial charge >= 0.3 is 0 Å². The highest BCUT2D eigenvalue weighted by Gasteiger charge is 2.28. The summed E-state index contributed by atoms with van der Waals surface area (Å²) in [7, 11) is 0. The van der Waals surface area contributed by atoms with Crippen molar-refractivity contribution in [2.24, 2.45) is 0 Å². The average molecular weight is 412 g/mol. The zero-order valence-electron chi connectivity index (χ0n) is 17.4. The van der Waals surface area contributed by atoms with Crippen LogP contribution in [0.2, 0.25) is 0 Å². The van der Waals surface area contributed by atoms with Crippen molar-refractivity contribution >= 4 is 17.7 Å². The number of carbonyl (C=O) groups is 3. The van der Waals surface area contributed by atoms with Gasteiger partial charge < -0.3 is 5.32 Å². The first-order valence-electron chi connectivity index (χ1n) is 10.4. The lowest BCUT2D eigenvalue weighted by Gasteiger charge is -2.16. The van der Waals surface area contributed by atoms with E-state index in [1.165, 1.54) is 4.90 Å². The highest BCUT2D eigenvalue weighted by atomic mass is 16.2. The van der Waals surface area contributed by atoms with Crippen molar-refractivity contribution < 1.29 is 14.4 Å². The van der Waals surface area contributed by atoms with Crippen LogP contribution in [0, 0.1) is 0 Å². The van der Waals surface area contributed by atoms with Crippen LogP contribution in [-0.2, 0) is 16.1 Å². The van der Waals surface area contributed by atoms with Gasteiger partial charge in [0.1, 0.15) is 0 Å². The van der Waals surface area contributed by atoms with E-state index in [4.69, 9.17) is 0 Å². The Morgan fingerprint density at radius 2 is 1.42 bits per heavy atom. The summed E-state index contributed by atoms with van der Waals surface area (Å²) in [6.45, 7) is 2.21. The molecule has 5 nitrogen and oxygen atoms in total. The highest BCUT2D eigenvalue weighted by molar-refractivity contribution is 6.01. The molecule has 1 N–H and O–H groups in total. The fourth-order valence-corrected chi connectivity index (χ4v) is 3.70. The second-order valence-corrected chi connectivity index (χ2v) is 7.75. The second-order valence-electron chi connectivity index (χ2n) is 7.75. The van der Waals surface area contributed by atoms with E-state index >= 15 is 0 Å². The Kier molecular flexibility index (Phi) is 5.94. The molecule has 3 aromatic rings. The Hall–Kier alpha value is -3.73. The van der Waals surface area contributed by atoms with Crippen molar-refractivity contribution in [2.75, 3.05) is 0 Å². The molecular weight excluding hydrogens is 388 g/mol. The summed E-state index contributed by atoms with van der Waals surface area (Å²) >= 11 is 0.